The minimum atomic E-state index is -2.97. The highest BCUT2D eigenvalue weighted by Gasteiger charge is 2.42. The van der Waals surface area contributed by atoms with Crippen molar-refractivity contribution in [1.29, 1.82) is 0 Å². The molecule has 198 valence electrons. The summed E-state index contributed by atoms with van der Waals surface area (Å²) >= 11 is 0. The Morgan fingerprint density at radius 1 is 1.08 bits per heavy atom. The SMILES string of the molecule is COC(=O)N1CCN(C(=O)[C@@H]2CC(c3ccc(OC(F)F)c(OCC4CC4)c3)CN2C(C)=O)C[C@H]1C. The highest BCUT2D eigenvalue weighted by atomic mass is 19.3. The van der Waals surface area contributed by atoms with Gasteiger partial charge in [0.2, 0.25) is 11.8 Å². The van der Waals surface area contributed by atoms with Gasteiger partial charge in [0, 0.05) is 45.1 Å². The Hall–Kier alpha value is -3.11. The van der Waals surface area contributed by atoms with Crippen LogP contribution in [0, 0.1) is 5.92 Å². The molecule has 1 aromatic carbocycles. The van der Waals surface area contributed by atoms with Crippen LogP contribution in [0.15, 0.2) is 18.2 Å². The fourth-order valence-electron chi connectivity index (χ4n) is 4.99. The van der Waals surface area contributed by atoms with Crippen molar-refractivity contribution in [3.05, 3.63) is 23.8 Å². The summed E-state index contributed by atoms with van der Waals surface area (Å²) in [5.41, 5.74) is 0.799. The van der Waals surface area contributed by atoms with E-state index in [0.29, 0.717) is 45.1 Å². The predicted octanol–water partition coefficient (Wildman–Crippen LogP) is 3.08. The zero-order valence-electron chi connectivity index (χ0n) is 20.8. The van der Waals surface area contributed by atoms with Crippen LogP contribution in [0.4, 0.5) is 13.6 Å². The predicted molar refractivity (Wildman–Crippen MR) is 125 cm³/mol. The van der Waals surface area contributed by atoms with Crippen LogP contribution in [0.5, 0.6) is 11.5 Å². The summed E-state index contributed by atoms with van der Waals surface area (Å²) in [6.07, 6.45) is 2.08. The highest BCUT2D eigenvalue weighted by molar-refractivity contribution is 5.88. The zero-order chi connectivity index (χ0) is 26.0. The first kappa shape index (κ1) is 26.0. The van der Waals surface area contributed by atoms with Gasteiger partial charge >= 0.3 is 12.7 Å². The third-order valence-electron chi connectivity index (χ3n) is 7.17. The number of ether oxygens (including phenoxy) is 3. The molecule has 3 amide bonds. The molecule has 0 N–H and O–H groups in total. The van der Waals surface area contributed by atoms with E-state index in [4.69, 9.17) is 9.47 Å². The molecular formula is C25H33F2N3O6. The third-order valence-corrected chi connectivity index (χ3v) is 7.17. The van der Waals surface area contributed by atoms with Crippen molar-refractivity contribution in [2.75, 3.05) is 39.9 Å². The highest BCUT2D eigenvalue weighted by Crippen LogP contribution is 2.39. The van der Waals surface area contributed by atoms with Gasteiger partial charge in [0.05, 0.1) is 13.7 Å². The van der Waals surface area contributed by atoms with Gasteiger partial charge in [-0.25, -0.2) is 4.79 Å². The van der Waals surface area contributed by atoms with Crippen LogP contribution < -0.4 is 9.47 Å². The Kier molecular flexibility index (Phi) is 7.85. The monoisotopic (exact) mass is 509 g/mol. The van der Waals surface area contributed by atoms with Crippen LogP contribution >= 0.6 is 0 Å². The van der Waals surface area contributed by atoms with E-state index >= 15 is 0 Å². The molecule has 9 nitrogen and oxygen atoms in total. The van der Waals surface area contributed by atoms with Crippen LogP contribution in [0.2, 0.25) is 0 Å². The van der Waals surface area contributed by atoms with Gasteiger partial charge in [-0.05, 0) is 49.8 Å². The number of amides is 3. The number of likely N-dealkylation sites (tertiary alicyclic amines) is 1. The van der Waals surface area contributed by atoms with Crippen molar-refractivity contribution >= 4 is 17.9 Å². The summed E-state index contributed by atoms with van der Waals surface area (Å²) in [7, 11) is 1.32. The lowest BCUT2D eigenvalue weighted by Crippen LogP contribution is -2.58. The van der Waals surface area contributed by atoms with Gasteiger partial charge in [-0.3, -0.25) is 9.59 Å². The first-order chi connectivity index (χ1) is 17.2. The Morgan fingerprint density at radius 2 is 1.83 bits per heavy atom. The first-order valence-electron chi connectivity index (χ1n) is 12.3. The summed E-state index contributed by atoms with van der Waals surface area (Å²) < 4.78 is 41.0. The van der Waals surface area contributed by atoms with E-state index in [1.54, 1.807) is 26.8 Å². The second-order valence-corrected chi connectivity index (χ2v) is 9.76. The van der Waals surface area contributed by atoms with E-state index in [1.807, 2.05) is 6.92 Å². The summed E-state index contributed by atoms with van der Waals surface area (Å²) in [6, 6.07) is 3.98. The number of carbonyl (C=O) groups excluding carboxylic acids is 3. The molecular weight excluding hydrogens is 476 g/mol. The quantitative estimate of drug-likeness (QED) is 0.562. The molecule has 3 atom stereocenters. The zero-order valence-corrected chi connectivity index (χ0v) is 20.8. The van der Waals surface area contributed by atoms with Crippen LogP contribution in [0.25, 0.3) is 0 Å². The molecule has 2 saturated heterocycles. The maximum absolute atomic E-state index is 13.5. The summed E-state index contributed by atoms with van der Waals surface area (Å²) in [5, 5.41) is 0. The molecule has 1 aliphatic carbocycles. The molecule has 0 spiro atoms. The molecule has 0 radical (unpaired) electrons. The second-order valence-electron chi connectivity index (χ2n) is 9.76. The molecule has 1 saturated carbocycles. The number of methoxy groups -OCH3 is 1. The van der Waals surface area contributed by atoms with Crippen molar-refractivity contribution < 1.29 is 37.4 Å². The number of rotatable bonds is 7. The van der Waals surface area contributed by atoms with Crippen molar-refractivity contribution in [2.45, 2.75) is 57.7 Å². The van der Waals surface area contributed by atoms with Gasteiger partial charge in [0.1, 0.15) is 6.04 Å². The fourth-order valence-corrected chi connectivity index (χ4v) is 4.99. The molecule has 1 unspecified atom stereocenters. The molecule has 2 aliphatic heterocycles. The van der Waals surface area contributed by atoms with Crippen molar-refractivity contribution in [3.63, 3.8) is 0 Å². The lowest BCUT2D eigenvalue weighted by Gasteiger charge is -2.40. The molecule has 3 fully saturated rings. The number of hydrogen-bond donors (Lipinski definition) is 0. The van der Waals surface area contributed by atoms with E-state index in [1.165, 1.54) is 20.1 Å². The maximum Gasteiger partial charge on any atom is 0.409 e. The van der Waals surface area contributed by atoms with Crippen LogP contribution in [0.1, 0.15) is 44.6 Å². The number of piperazine rings is 1. The first-order valence-corrected chi connectivity index (χ1v) is 12.3. The van der Waals surface area contributed by atoms with Crippen molar-refractivity contribution in [1.82, 2.24) is 14.7 Å². The number of benzene rings is 1. The Morgan fingerprint density at radius 3 is 2.44 bits per heavy atom. The van der Waals surface area contributed by atoms with Gasteiger partial charge < -0.3 is 28.9 Å². The maximum atomic E-state index is 13.5. The molecule has 36 heavy (non-hydrogen) atoms. The number of hydrogen-bond acceptors (Lipinski definition) is 6. The molecule has 0 aromatic heterocycles. The average molecular weight is 510 g/mol. The minimum absolute atomic E-state index is 0.0269. The lowest BCUT2D eigenvalue weighted by atomic mass is 9.95. The Balaban J connectivity index is 1.49. The number of alkyl halides is 2. The summed E-state index contributed by atoms with van der Waals surface area (Å²) in [6.45, 7) is 2.13. The van der Waals surface area contributed by atoms with Gasteiger partial charge in [0.15, 0.2) is 11.5 Å². The second kappa shape index (κ2) is 10.9. The standard InChI is InChI=1S/C25H33F2N3O6/c1-15-12-28(8-9-29(15)25(33)34-3)23(32)20-10-19(13-30(20)16(2)31)18-6-7-21(36-24(26)27)22(11-18)35-14-17-4-5-17/h6-7,11,15,17,19-20,24H,4-5,8-10,12-14H2,1-3H3/t15-,19?,20+/m1/s1. The largest absolute Gasteiger partial charge is 0.489 e. The fraction of sp³-hybridized carbons (Fsp3) is 0.640. The van der Waals surface area contributed by atoms with Crippen LogP contribution in [-0.4, -0.2) is 91.2 Å². The normalized spacial score (nSPS) is 24.2. The molecule has 3 aliphatic rings. The third kappa shape index (κ3) is 5.82. The molecule has 0 bridgehead atoms. The lowest BCUT2D eigenvalue weighted by molar-refractivity contribution is -0.144. The van der Waals surface area contributed by atoms with Gasteiger partial charge in [-0.2, -0.15) is 8.78 Å². The van der Waals surface area contributed by atoms with E-state index in [0.717, 1.165) is 18.4 Å². The molecule has 2 heterocycles. The van der Waals surface area contributed by atoms with Crippen LogP contribution in [0.3, 0.4) is 0 Å². The topological polar surface area (TPSA) is 88.6 Å². The Labute approximate surface area is 209 Å². The van der Waals surface area contributed by atoms with E-state index in [2.05, 4.69) is 4.74 Å². The summed E-state index contributed by atoms with van der Waals surface area (Å²) in [5.74, 6) is 0.113. The van der Waals surface area contributed by atoms with E-state index in [-0.39, 0.29) is 35.3 Å². The van der Waals surface area contributed by atoms with E-state index in [9.17, 15) is 23.2 Å². The molecule has 4 rings (SSSR count). The average Bonchev–Trinajstić information content (AvgIpc) is 3.57. The molecule has 11 heteroatoms. The van der Waals surface area contributed by atoms with E-state index < -0.39 is 18.7 Å². The van der Waals surface area contributed by atoms with Crippen LogP contribution in [-0.2, 0) is 14.3 Å². The summed E-state index contributed by atoms with van der Waals surface area (Å²) in [4.78, 5) is 42.7. The van der Waals surface area contributed by atoms with Crippen molar-refractivity contribution in [2.24, 2.45) is 5.92 Å². The smallest absolute Gasteiger partial charge is 0.409 e. The van der Waals surface area contributed by atoms with Gasteiger partial charge in [0.25, 0.3) is 0 Å². The number of carbonyl (C=O) groups is 3. The number of halogens is 2. The van der Waals surface area contributed by atoms with Gasteiger partial charge in [-0.1, -0.05) is 6.07 Å². The minimum Gasteiger partial charge on any atom is -0.489 e. The Bertz CT molecular complexity index is 989. The van der Waals surface area contributed by atoms with Gasteiger partial charge in [-0.15, -0.1) is 0 Å². The number of nitrogens with zero attached hydrogens (tertiary/aromatic N) is 3. The molecule has 1 aromatic rings. The van der Waals surface area contributed by atoms with Crippen molar-refractivity contribution in [3.8, 4) is 11.5 Å².